The monoisotopic (exact) mass is 186 g/mol. The Morgan fingerprint density at radius 1 is 1.46 bits per heavy atom. The maximum absolute atomic E-state index is 5.47. The standard InChI is InChI=1S/C10H22N2O/c1-9(2)13-6-4-5-12-7-10(8-12)11-3/h9-11H,4-8H2,1-3H3. The molecular weight excluding hydrogens is 164 g/mol. The zero-order chi connectivity index (χ0) is 9.68. The molecule has 1 heterocycles. The van der Waals surface area contributed by atoms with Gasteiger partial charge in [0.05, 0.1) is 6.10 Å². The lowest BCUT2D eigenvalue weighted by molar-refractivity contribution is 0.0589. The number of likely N-dealkylation sites (N-methyl/N-ethyl adjacent to an activating group) is 1. The molecular formula is C10H22N2O. The van der Waals surface area contributed by atoms with Crippen LogP contribution in [0.2, 0.25) is 0 Å². The van der Waals surface area contributed by atoms with Crippen LogP contribution in [0.1, 0.15) is 20.3 Å². The summed E-state index contributed by atoms with van der Waals surface area (Å²) in [4.78, 5) is 2.46. The summed E-state index contributed by atoms with van der Waals surface area (Å²) >= 11 is 0. The first-order chi connectivity index (χ1) is 6.22. The van der Waals surface area contributed by atoms with Crippen molar-refractivity contribution in [1.82, 2.24) is 10.2 Å². The summed E-state index contributed by atoms with van der Waals surface area (Å²) in [6.07, 6.45) is 1.54. The Labute approximate surface area is 81.4 Å². The fourth-order valence-corrected chi connectivity index (χ4v) is 1.54. The predicted octanol–water partition coefficient (Wildman–Crippen LogP) is 0.705. The normalized spacial score (nSPS) is 19.4. The van der Waals surface area contributed by atoms with E-state index in [2.05, 4.69) is 24.1 Å². The Balaban J connectivity index is 1.85. The summed E-state index contributed by atoms with van der Waals surface area (Å²) in [5.74, 6) is 0. The molecule has 1 aliphatic heterocycles. The van der Waals surface area contributed by atoms with Crippen LogP contribution < -0.4 is 5.32 Å². The van der Waals surface area contributed by atoms with Gasteiger partial charge in [0.1, 0.15) is 0 Å². The molecule has 0 aromatic rings. The Morgan fingerprint density at radius 3 is 2.69 bits per heavy atom. The topological polar surface area (TPSA) is 24.5 Å². The quantitative estimate of drug-likeness (QED) is 0.618. The summed E-state index contributed by atoms with van der Waals surface area (Å²) in [5.41, 5.74) is 0. The molecule has 1 saturated heterocycles. The van der Waals surface area contributed by atoms with Gasteiger partial charge in [0.15, 0.2) is 0 Å². The average molecular weight is 186 g/mol. The molecule has 1 fully saturated rings. The number of ether oxygens (including phenoxy) is 1. The molecule has 0 unspecified atom stereocenters. The molecule has 0 spiro atoms. The molecule has 0 aromatic carbocycles. The van der Waals surface area contributed by atoms with Crippen LogP contribution in [0.25, 0.3) is 0 Å². The van der Waals surface area contributed by atoms with Crippen LogP contribution in [0.15, 0.2) is 0 Å². The average Bonchev–Trinajstić information content (AvgIpc) is 2.00. The third-order valence-electron chi connectivity index (χ3n) is 2.44. The van der Waals surface area contributed by atoms with Gasteiger partial charge in [0, 0.05) is 32.3 Å². The smallest absolute Gasteiger partial charge is 0.0518 e. The molecule has 0 aromatic heterocycles. The van der Waals surface area contributed by atoms with Crippen LogP contribution >= 0.6 is 0 Å². The molecule has 0 saturated carbocycles. The Bertz CT molecular complexity index is 133. The Morgan fingerprint density at radius 2 is 2.15 bits per heavy atom. The molecule has 78 valence electrons. The molecule has 0 bridgehead atoms. The van der Waals surface area contributed by atoms with E-state index in [0.717, 1.165) is 19.1 Å². The second-order valence-electron chi connectivity index (χ2n) is 4.02. The van der Waals surface area contributed by atoms with Gasteiger partial charge in [-0.1, -0.05) is 0 Å². The first-order valence-corrected chi connectivity index (χ1v) is 5.23. The molecule has 1 N–H and O–H groups in total. The second kappa shape index (κ2) is 5.58. The fourth-order valence-electron chi connectivity index (χ4n) is 1.54. The van der Waals surface area contributed by atoms with E-state index in [-0.39, 0.29) is 0 Å². The third-order valence-corrected chi connectivity index (χ3v) is 2.44. The highest BCUT2D eigenvalue weighted by Gasteiger charge is 2.23. The number of nitrogens with one attached hydrogen (secondary N) is 1. The second-order valence-corrected chi connectivity index (χ2v) is 4.02. The van der Waals surface area contributed by atoms with Crippen LogP contribution in [-0.2, 0) is 4.74 Å². The Kier molecular flexibility index (Phi) is 4.70. The molecule has 0 amide bonds. The van der Waals surface area contributed by atoms with Crippen molar-refractivity contribution in [3.63, 3.8) is 0 Å². The van der Waals surface area contributed by atoms with Gasteiger partial charge in [0.25, 0.3) is 0 Å². The van der Waals surface area contributed by atoms with Crippen molar-refractivity contribution in [2.75, 3.05) is 33.3 Å². The van der Waals surface area contributed by atoms with Crippen molar-refractivity contribution < 1.29 is 4.74 Å². The lowest BCUT2D eigenvalue weighted by atomic mass is 10.1. The van der Waals surface area contributed by atoms with Gasteiger partial charge in [-0.25, -0.2) is 0 Å². The van der Waals surface area contributed by atoms with Crippen molar-refractivity contribution >= 4 is 0 Å². The lowest BCUT2D eigenvalue weighted by Gasteiger charge is -2.39. The number of likely N-dealkylation sites (tertiary alicyclic amines) is 1. The van der Waals surface area contributed by atoms with Gasteiger partial charge in [-0.15, -0.1) is 0 Å². The van der Waals surface area contributed by atoms with E-state index in [1.807, 2.05) is 7.05 Å². The van der Waals surface area contributed by atoms with E-state index in [4.69, 9.17) is 4.74 Å². The Hall–Kier alpha value is -0.120. The highest BCUT2D eigenvalue weighted by atomic mass is 16.5. The maximum atomic E-state index is 5.47. The van der Waals surface area contributed by atoms with Gasteiger partial charge in [-0.2, -0.15) is 0 Å². The van der Waals surface area contributed by atoms with Crippen molar-refractivity contribution in [3.8, 4) is 0 Å². The van der Waals surface area contributed by atoms with E-state index in [9.17, 15) is 0 Å². The zero-order valence-electron chi connectivity index (χ0n) is 9.05. The van der Waals surface area contributed by atoms with Crippen molar-refractivity contribution in [1.29, 1.82) is 0 Å². The minimum absolute atomic E-state index is 0.376. The first-order valence-electron chi connectivity index (χ1n) is 5.23. The lowest BCUT2D eigenvalue weighted by Crippen LogP contribution is -2.57. The van der Waals surface area contributed by atoms with Gasteiger partial charge in [-0.05, 0) is 27.3 Å². The van der Waals surface area contributed by atoms with Crippen LogP contribution in [0.4, 0.5) is 0 Å². The molecule has 1 aliphatic rings. The molecule has 3 heteroatoms. The molecule has 0 atom stereocenters. The predicted molar refractivity (Wildman–Crippen MR) is 55.0 cm³/mol. The van der Waals surface area contributed by atoms with Gasteiger partial charge < -0.3 is 15.0 Å². The highest BCUT2D eigenvalue weighted by molar-refractivity contribution is 4.84. The molecule has 0 radical (unpaired) electrons. The highest BCUT2D eigenvalue weighted by Crippen LogP contribution is 2.07. The zero-order valence-corrected chi connectivity index (χ0v) is 9.05. The number of nitrogens with zero attached hydrogens (tertiary/aromatic N) is 1. The summed E-state index contributed by atoms with van der Waals surface area (Å²) in [6.45, 7) is 8.67. The first kappa shape index (κ1) is 11.0. The van der Waals surface area contributed by atoms with E-state index in [1.165, 1.54) is 19.6 Å². The molecule has 3 nitrogen and oxygen atoms in total. The number of hydrogen-bond acceptors (Lipinski definition) is 3. The van der Waals surface area contributed by atoms with Gasteiger partial charge in [0.2, 0.25) is 0 Å². The van der Waals surface area contributed by atoms with Crippen LogP contribution in [-0.4, -0.2) is 50.3 Å². The largest absolute Gasteiger partial charge is 0.379 e. The van der Waals surface area contributed by atoms with Crippen molar-refractivity contribution in [2.24, 2.45) is 0 Å². The summed E-state index contributed by atoms with van der Waals surface area (Å²) < 4.78 is 5.47. The maximum Gasteiger partial charge on any atom is 0.0518 e. The summed E-state index contributed by atoms with van der Waals surface area (Å²) in [5, 5.41) is 3.27. The van der Waals surface area contributed by atoms with E-state index >= 15 is 0 Å². The number of rotatable bonds is 6. The van der Waals surface area contributed by atoms with Gasteiger partial charge >= 0.3 is 0 Å². The SMILES string of the molecule is CNC1CN(CCCOC(C)C)C1. The van der Waals surface area contributed by atoms with Crippen molar-refractivity contribution in [2.45, 2.75) is 32.4 Å². The van der Waals surface area contributed by atoms with E-state index in [1.54, 1.807) is 0 Å². The van der Waals surface area contributed by atoms with Crippen LogP contribution in [0, 0.1) is 0 Å². The van der Waals surface area contributed by atoms with E-state index in [0.29, 0.717) is 6.10 Å². The number of hydrogen-bond donors (Lipinski definition) is 1. The molecule has 13 heavy (non-hydrogen) atoms. The summed E-state index contributed by atoms with van der Waals surface area (Å²) in [7, 11) is 2.03. The summed E-state index contributed by atoms with van der Waals surface area (Å²) in [6, 6.07) is 0.728. The van der Waals surface area contributed by atoms with Crippen LogP contribution in [0.3, 0.4) is 0 Å². The van der Waals surface area contributed by atoms with Crippen molar-refractivity contribution in [3.05, 3.63) is 0 Å². The minimum Gasteiger partial charge on any atom is -0.379 e. The molecule has 1 rings (SSSR count). The van der Waals surface area contributed by atoms with E-state index < -0.39 is 0 Å². The minimum atomic E-state index is 0.376. The van der Waals surface area contributed by atoms with Crippen LogP contribution in [0.5, 0.6) is 0 Å². The third kappa shape index (κ3) is 4.07. The fraction of sp³-hybridized carbons (Fsp3) is 1.00. The molecule has 0 aliphatic carbocycles. The van der Waals surface area contributed by atoms with Gasteiger partial charge in [-0.3, -0.25) is 0 Å².